The number of halogens is 3. The van der Waals surface area contributed by atoms with Crippen molar-refractivity contribution in [3.63, 3.8) is 0 Å². The molecule has 3 aromatic carbocycles. The summed E-state index contributed by atoms with van der Waals surface area (Å²) in [7, 11) is 1.18. The van der Waals surface area contributed by atoms with Crippen molar-refractivity contribution in [2.75, 3.05) is 7.11 Å². The highest BCUT2D eigenvalue weighted by Gasteiger charge is 2.20. The lowest BCUT2D eigenvalue weighted by atomic mass is 10.1. The molecule has 0 amide bonds. The van der Waals surface area contributed by atoms with Crippen LogP contribution in [-0.4, -0.2) is 24.3 Å². The van der Waals surface area contributed by atoms with Gasteiger partial charge in [0.2, 0.25) is 0 Å². The van der Waals surface area contributed by atoms with E-state index in [1.54, 1.807) is 24.3 Å². The minimum absolute atomic E-state index is 0.115. The van der Waals surface area contributed by atoms with Crippen molar-refractivity contribution < 1.29 is 27.8 Å². The number of ether oxygens (including phenoxy) is 3. The molecule has 180 valence electrons. The van der Waals surface area contributed by atoms with Crippen molar-refractivity contribution >= 4 is 17.6 Å². The molecule has 4 rings (SSSR count). The first-order chi connectivity index (χ1) is 16.9. The molecule has 1 aromatic heterocycles. The summed E-state index contributed by atoms with van der Waals surface area (Å²) in [6, 6.07) is 23.3. The summed E-state index contributed by atoms with van der Waals surface area (Å²) >= 11 is 6.33. The van der Waals surface area contributed by atoms with Crippen LogP contribution in [0, 0.1) is 6.92 Å². The molecule has 1 heterocycles. The van der Waals surface area contributed by atoms with Crippen molar-refractivity contribution in [3.8, 4) is 28.4 Å². The van der Waals surface area contributed by atoms with E-state index in [4.69, 9.17) is 21.1 Å². The van der Waals surface area contributed by atoms with E-state index >= 15 is 0 Å². The number of carbonyl (C=O) groups is 1. The molecule has 35 heavy (non-hydrogen) atoms. The number of aromatic nitrogens is 1. The molecule has 0 aliphatic rings. The van der Waals surface area contributed by atoms with Gasteiger partial charge in [0.05, 0.1) is 12.8 Å². The monoisotopic (exact) mass is 497 g/mol. The zero-order chi connectivity index (χ0) is 24.9. The predicted octanol–water partition coefficient (Wildman–Crippen LogP) is 7.07. The molecule has 0 aliphatic heterocycles. The molecule has 0 radical (unpaired) electrons. The van der Waals surface area contributed by atoms with Crippen LogP contribution in [0.4, 0.5) is 8.78 Å². The Kier molecular flexibility index (Phi) is 7.36. The molecule has 0 spiro atoms. The van der Waals surface area contributed by atoms with Crippen LogP contribution < -0.4 is 9.47 Å². The first-order valence-electron chi connectivity index (χ1n) is 10.7. The fourth-order valence-electron chi connectivity index (χ4n) is 3.78. The Morgan fingerprint density at radius 2 is 1.71 bits per heavy atom. The number of alkyl halides is 2. The van der Waals surface area contributed by atoms with Gasteiger partial charge in [0, 0.05) is 22.0 Å². The number of hydrogen-bond donors (Lipinski definition) is 0. The summed E-state index contributed by atoms with van der Waals surface area (Å²) < 4.78 is 43.0. The number of nitrogens with zero attached hydrogens (tertiary/aromatic N) is 1. The summed E-state index contributed by atoms with van der Waals surface area (Å²) in [5.74, 6) is -0.441. The van der Waals surface area contributed by atoms with Gasteiger partial charge in [-0.15, -0.1) is 0 Å². The lowest BCUT2D eigenvalue weighted by Gasteiger charge is -2.18. The standard InChI is InChI=1S/C27H22ClF2NO4/c1-17-8-11-23(21-14-19(28)9-12-24(21)34-16-18-6-4-3-5-7-18)31(17)20-10-13-25(35-27(29)30)22(15-20)26(32)33-2/h3-15,27H,16H2,1-2H3. The van der Waals surface area contributed by atoms with Gasteiger partial charge in [-0.1, -0.05) is 41.9 Å². The smallest absolute Gasteiger partial charge is 0.387 e. The van der Waals surface area contributed by atoms with Gasteiger partial charge in [0.1, 0.15) is 23.7 Å². The second-order valence-corrected chi connectivity index (χ2v) is 8.10. The predicted molar refractivity (Wildman–Crippen MR) is 130 cm³/mol. The van der Waals surface area contributed by atoms with E-state index < -0.39 is 12.6 Å². The van der Waals surface area contributed by atoms with E-state index in [0.717, 1.165) is 22.5 Å². The number of rotatable bonds is 8. The van der Waals surface area contributed by atoms with E-state index in [1.807, 2.05) is 54.0 Å². The van der Waals surface area contributed by atoms with Gasteiger partial charge in [-0.2, -0.15) is 8.78 Å². The third-order valence-electron chi connectivity index (χ3n) is 5.37. The molecule has 0 bridgehead atoms. The molecule has 8 heteroatoms. The van der Waals surface area contributed by atoms with E-state index in [-0.39, 0.29) is 11.3 Å². The molecule has 0 fully saturated rings. The van der Waals surface area contributed by atoms with Crippen molar-refractivity contribution in [2.45, 2.75) is 20.1 Å². The molecule has 0 atom stereocenters. The van der Waals surface area contributed by atoms with Crippen LogP contribution in [0.25, 0.3) is 16.9 Å². The van der Waals surface area contributed by atoms with Gasteiger partial charge >= 0.3 is 12.6 Å². The Labute approximate surface area is 206 Å². The fourth-order valence-corrected chi connectivity index (χ4v) is 3.95. The molecule has 0 saturated carbocycles. The minimum atomic E-state index is -3.08. The highest BCUT2D eigenvalue weighted by molar-refractivity contribution is 6.31. The summed E-state index contributed by atoms with van der Waals surface area (Å²) in [6.45, 7) is -0.828. The molecular formula is C27H22ClF2NO4. The first-order valence-corrected chi connectivity index (χ1v) is 11.1. The van der Waals surface area contributed by atoms with Crippen LogP contribution in [0.3, 0.4) is 0 Å². The Bertz CT molecular complexity index is 1340. The zero-order valence-corrected chi connectivity index (χ0v) is 19.8. The maximum atomic E-state index is 12.9. The Balaban J connectivity index is 1.78. The number of esters is 1. The van der Waals surface area contributed by atoms with Crippen LogP contribution in [-0.2, 0) is 11.3 Å². The summed E-state index contributed by atoms with van der Waals surface area (Å²) in [4.78, 5) is 12.3. The molecule has 0 unspecified atom stereocenters. The number of aryl methyl sites for hydroxylation is 1. The second kappa shape index (κ2) is 10.6. The average molecular weight is 498 g/mol. The summed E-state index contributed by atoms with van der Waals surface area (Å²) in [5.41, 5.74) is 3.76. The summed E-state index contributed by atoms with van der Waals surface area (Å²) in [6.07, 6.45) is 0. The number of carbonyl (C=O) groups excluding carboxylic acids is 1. The topological polar surface area (TPSA) is 49.7 Å². The Morgan fingerprint density at radius 3 is 2.43 bits per heavy atom. The number of benzene rings is 3. The Morgan fingerprint density at radius 1 is 0.971 bits per heavy atom. The van der Waals surface area contributed by atoms with Gasteiger partial charge in [-0.05, 0) is 61.0 Å². The van der Waals surface area contributed by atoms with E-state index in [0.29, 0.717) is 23.1 Å². The molecule has 4 aromatic rings. The van der Waals surface area contributed by atoms with Crippen LogP contribution in [0.2, 0.25) is 5.02 Å². The second-order valence-electron chi connectivity index (χ2n) is 7.66. The third-order valence-corrected chi connectivity index (χ3v) is 5.61. The SMILES string of the molecule is COC(=O)c1cc(-n2c(C)ccc2-c2cc(Cl)ccc2OCc2ccccc2)ccc1OC(F)F. The van der Waals surface area contributed by atoms with Crippen molar-refractivity contribution in [1.82, 2.24) is 4.57 Å². The number of hydrogen-bond acceptors (Lipinski definition) is 4. The fraction of sp³-hybridized carbons (Fsp3) is 0.148. The number of methoxy groups -OCH3 is 1. The highest BCUT2D eigenvalue weighted by Crippen LogP contribution is 2.37. The maximum Gasteiger partial charge on any atom is 0.387 e. The molecule has 0 N–H and O–H groups in total. The van der Waals surface area contributed by atoms with Gasteiger partial charge < -0.3 is 18.8 Å². The minimum Gasteiger partial charge on any atom is -0.488 e. The first kappa shape index (κ1) is 24.3. The van der Waals surface area contributed by atoms with Gasteiger partial charge in [0.25, 0.3) is 0 Å². The molecule has 0 saturated heterocycles. The third kappa shape index (κ3) is 5.46. The summed E-state index contributed by atoms with van der Waals surface area (Å²) in [5, 5.41) is 0.522. The average Bonchev–Trinajstić information content (AvgIpc) is 3.24. The van der Waals surface area contributed by atoms with Crippen molar-refractivity contribution in [3.05, 3.63) is 101 Å². The molecule has 5 nitrogen and oxygen atoms in total. The lowest BCUT2D eigenvalue weighted by molar-refractivity contribution is -0.0504. The van der Waals surface area contributed by atoms with Gasteiger partial charge in [-0.3, -0.25) is 0 Å². The van der Waals surface area contributed by atoms with Crippen molar-refractivity contribution in [2.24, 2.45) is 0 Å². The highest BCUT2D eigenvalue weighted by atomic mass is 35.5. The Hall–Kier alpha value is -3.84. The van der Waals surface area contributed by atoms with Crippen LogP contribution in [0.5, 0.6) is 11.5 Å². The van der Waals surface area contributed by atoms with E-state index in [2.05, 4.69) is 4.74 Å². The maximum absolute atomic E-state index is 12.9. The van der Waals surface area contributed by atoms with E-state index in [9.17, 15) is 13.6 Å². The molecule has 0 aliphatic carbocycles. The van der Waals surface area contributed by atoms with E-state index in [1.165, 1.54) is 19.2 Å². The quantitative estimate of drug-likeness (QED) is 0.244. The normalized spacial score (nSPS) is 10.9. The zero-order valence-electron chi connectivity index (χ0n) is 19.0. The van der Waals surface area contributed by atoms with Gasteiger partial charge in [-0.25, -0.2) is 4.79 Å². The largest absolute Gasteiger partial charge is 0.488 e. The van der Waals surface area contributed by atoms with Crippen molar-refractivity contribution in [1.29, 1.82) is 0 Å². The molecular weight excluding hydrogens is 476 g/mol. The van der Waals surface area contributed by atoms with Crippen LogP contribution >= 0.6 is 11.6 Å². The van der Waals surface area contributed by atoms with Crippen LogP contribution in [0.1, 0.15) is 21.6 Å². The van der Waals surface area contributed by atoms with Gasteiger partial charge in [0.15, 0.2) is 0 Å². The van der Waals surface area contributed by atoms with Crippen LogP contribution in [0.15, 0.2) is 78.9 Å². The lowest BCUT2D eigenvalue weighted by Crippen LogP contribution is -2.10.